The van der Waals surface area contributed by atoms with E-state index in [4.69, 9.17) is 0 Å². The van der Waals surface area contributed by atoms with E-state index in [1.165, 1.54) is 0 Å². The maximum absolute atomic E-state index is 10.2. The fourth-order valence-electron chi connectivity index (χ4n) is 1.74. The van der Waals surface area contributed by atoms with Gasteiger partial charge >= 0.3 is 0 Å². The Bertz CT molecular complexity index is 350. The van der Waals surface area contributed by atoms with E-state index in [0.29, 0.717) is 13.1 Å². The van der Waals surface area contributed by atoms with E-state index in [1.807, 2.05) is 19.1 Å². The van der Waals surface area contributed by atoms with Gasteiger partial charge in [0, 0.05) is 13.1 Å². The molecule has 0 amide bonds. The molecule has 96 valence electrons. The summed E-state index contributed by atoms with van der Waals surface area (Å²) in [6.07, 6.45) is 0.959. The Morgan fingerprint density at radius 3 is 2.71 bits per heavy atom. The van der Waals surface area contributed by atoms with Gasteiger partial charge in [0.05, 0.1) is 5.60 Å². The average Bonchev–Trinajstić information content (AvgIpc) is 2.27. The molecule has 0 radical (unpaired) electrons. The van der Waals surface area contributed by atoms with Crippen molar-refractivity contribution in [2.45, 2.75) is 39.3 Å². The third kappa shape index (κ3) is 4.36. The molecule has 0 saturated carbocycles. The quantitative estimate of drug-likeness (QED) is 0.711. The number of phenolic OH excluding ortho intramolecular Hbond substituents is 1. The molecule has 0 heterocycles. The normalized spacial score (nSPS) is 16.5. The van der Waals surface area contributed by atoms with Crippen molar-refractivity contribution < 1.29 is 10.2 Å². The molecule has 1 aromatic rings. The second kappa shape index (κ2) is 6.03. The van der Waals surface area contributed by atoms with Gasteiger partial charge in [0.1, 0.15) is 5.75 Å². The van der Waals surface area contributed by atoms with Crippen molar-refractivity contribution >= 4 is 0 Å². The largest absolute Gasteiger partial charge is 0.508 e. The molecule has 0 spiro atoms. The Kier molecular flexibility index (Phi) is 4.97. The van der Waals surface area contributed by atoms with E-state index in [9.17, 15) is 10.2 Å². The van der Waals surface area contributed by atoms with Crippen molar-refractivity contribution in [3.05, 3.63) is 29.8 Å². The van der Waals surface area contributed by atoms with Crippen LogP contribution >= 0.6 is 0 Å². The SMILES string of the molecule is CC[C@@H](C)[C@@](C)(O)CNCc1cccc(O)c1. The zero-order valence-electron chi connectivity index (χ0n) is 10.9. The van der Waals surface area contributed by atoms with Crippen molar-refractivity contribution in [1.82, 2.24) is 5.32 Å². The lowest BCUT2D eigenvalue weighted by Gasteiger charge is -2.30. The minimum atomic E-state index is -0.689. The maximum Gasteiger partial charge on any atom is 0.115 e. The Labute approximate surface area is 103 Å². The molecule has 3 heteroatoms. The smallest absolute Gasteiger partial charge is 0.115 e. The van der Waals surface area contributed by atoms with Crippen LogP contribution in [0.3, 0.4) is 0 Å². The highest BCUT2D eigenvalue weighted by Gasteiger charge is 2.26. The highest BCUT2D eigenvalue weighted by atomic mass is 16.3. The Morgan fingerprint density at radius 2 is 2.12 bits per heavy atom. The summed E-state index contributed by atoms with van der Waals surface area (Å²) in [6.45, 7) is 7.19. The van der Waals surface area contributed by atoms with E-state index >= 15 is 0 Å². The summed E-state index contributed by atoms with van der Waals surface area (Å²) in [6, 6.07) is 7.15. The molecule has 1 aromatic carbocycles. The standard InChI is InChI=1S/C14H23NO2/c1-4-11(2)14(3,17)10-15-9-12-6-5-7-13(16)8-12/h5-8,11,15-17H,4,9-10H2,1-3H3/t11-,14+/m1/s1. The summed E-state index contributed by atoms with van der Waals surface area (Å²) in [7, 11) is 0. The summed E-state index contributed by atoms with van der Waals surface area (Å²) in [4.78, 5) is 0. The average molecular weight is 237 g/mol. The molecule has 0 saturated heterocycles. The number of phenols is 1. The van der Waals surface area contributed by atoms with Crippen LogP contribution in [-0.4, -0.2) is 22.4 Å². The summed E-state index contributed by atoms with van der Waals surface area (Å²) >= 11 is 0. The molecule has 0 unspecified atom stereocenters. The highest BCUT2D eigenvalue weighted by molar-refractivity contribution is 5.26. The van der Waals surface area contributed by atoms with E-state index < -0.39 is 5.60 Å². The molecule has 2 atom stereocenters. The number of hydrogen-bond acceptors (Lipinski definition) is 3. The molecule has 0 aliphatic heterocycles. The molecular formula is C14H23NO2. The molecule has 0 bridgehead atoms. The molecule has 3 N–H and O–H groups in total. The van der Waals surface area contributed by atoms with Crippen molar-refractivity contribution in [1.29, 1.82) is 0 Å². The summed E-state index contributed by atoms with van der Waals surface area (Å²) < 4.78 is 0. The van der Waals surface area contributed by atoms with Crippen LogP contribution in [0.2, 0.25) is 0 Å². The summed E-state index contributed by atoms with van der Waals surface area (Å²) in [5.41, 5.74) is 0.330. The van der Waals surface area contributed by atoms with Crippen LogP contribution in [0.4, 0.5) is 0 Å². The van der Waals surface area contributed by atoms with Gasteiger partial charge in [-0.2, -0.15) is 0 Å². The predicted molar refractivity (Wildman–Crippen MR) is 69.9 cm³/mol. The minimum absolute atomic E-state index is 0.263. The lowest BCUT2D eigenvalue weighted by Crippen LogP contribution is -2.42. The van der Waals surface area contributed by atoms with Gasteiger partial charge < -0.3 is 15.5 Å². The van der Waals surface area contributed by atoms with Crippen molar-refractivity contribution in [3.63, 3.8) is 0 Å². The van der Waals surface area contributed by atoms with Gasteiger partial charge in [0.2, 0.25) is 0 Å². The topological polar surface area (TPSA) is 52.5 Å². The van der Waals surface area contributed by atoms with Crippen LogP contribution in [0.1, 0.15) is 32.8 Å². The van der Waals surface area contributed by atoms with Crippen LogP contribution in [0.15, 0.2) is 24.3 Å². The van der Waals surface area contributed by atoms with Gasteiger partial charge in [0.15, 0.2) is 0 Å². The molecule has 0 aromatic heterocycles. The fraction of sp³-hybridized carbons (Fsp3) is 0.571. The second-order valence-corrected chi connectivity index (χ2v) is 4.94. The van der Waals surface area contributed by atoms with E-state index in [2.05, 4.69) is 19.2 Å². The van der Waals surface area contributed by atoms with Crippen LogP contribution < -0.4 is 5.32 Å². The molecule has 0 fully saturated rings. The third-order valence-electron chi connectivity index (χ3n) is 3.40. The van der Waals surface area contributed by atoms with Crippen molar-refractivity contribution in [2.24, 2.45) is 5.92 Å². The van der Waals surface area contributed by atoms with Gasteiger partial charge in [-0.25, -0.2) is 0 Å². The molecular weight excluding hydrogens is 214 g/mol. The minimum Gasteiger partial charge on any atom is -0.508 e. The first kappa shape index (κ1) is 14.0. The molecule has 17 heavy (non-hydrogen) atoms. The van der Waals surface area contributed by atoms with Gasteiger partial charge in [-0.1, -0.05) is 32.4 Å². The monoisotopic (exact) mass is 237 g/mol. The number of rotatable bonds is 6. The zero-order valence-corrected chi connectivity index (χ0v) is 10.9. The zero-order chi connectivity index (χ0) is 12.9. The van der Waals surface area contributed by atoms with Crippen LogP contribution in [-0.2, 0) is 6.54 Å². The van der Waals surface area contributed by atoms with Crippen LogP contribution in [0, 0.1) is 5.92 Å². The number of aromatic hydroxyl groups is 1. The summed E-state index contributed by atoms with van der Waals surface area (Å²) in [5.74, 6) is 0.539. The van der Waals surface area contributed by atoms with Crippen LogP contribution in [0.5, 0.6) is 5.75 Å². The van der Waals surface area contributed by atoms with Crippen molar-refractivity contribution in [3.8, 4) is 5.75 Å². The number of benzene rings is 1. The summed E-state index contributed by atoms with van der Waals surface area (Å²) in [5, 5.41) is 22.7. The molecule has 0 aliphatic rings. The van der Waals surface area contributed by atoms with Crippen molar-refractivity contribution in [2.75, 3.05) is 6.54 Å². The van der Waals surface area contributed by atoms with Gasteiger partial charge in [-0.05, 0) is 30.5 Å². The Hall–Kier alpha value is -1.06. The Morgan fingerprint density at radius 1 is 1.41 bits per heavy atom. The fourth-order valence-corrected chi connectivity index (χ4v) is 1.74. The van der Waals surface area contributed by atoms with E-state index in [0.717, 1.165) is 12.0 Å². The molecule has 1 rings (SSSR count). The van der Waals surface area contributed by atoms with Gasteiger partial charge in [0.25, 0.3) is 0 Å². The van der Waals surface area contributed by atoms with Crippen LogP contribution in [0.25, 0.3) is 0 Å². The number of aliphatic hydroxyl groups is 1. The number of nitrogens with one attached hydrogen (secondary N) is 1. The maximum atomic E-state index is 10.2. The first-order valence-electron chi connectivity index (χ1n) is 6.16. The number of hydrogen-bond donors (Lipinski definition) is 3. The van der Waals surface area contributed by atoms with Gasteiger partial charge in [-0.3, -0.25) is 0 Å². The first-order chi connectivity index (χ1) is 7.95. The van der Waals surface area contributed by atoms with E-state index in [-0.39, 0.29) is 11.7 Å². The van der Waals surface area contributed by atoms with Gasteiger partial charge in [-0.15, -0.1) is 0 Å². The second-order valence-electron chi connectivity index (χ2n) is 4.94. The Balaban J connectivity index is 2.42. The first-order valence-corrected chi connectivity index (χ1v) is 6.16. The third-order valence-corrected chi connectivity index (χ3v) is 3.40. The lowest BCUT2D eigenvalue weighted by atomic mass is 9.88. The molecule has 3 nitrogen and oxygen atoms in total. The predicted octanol–water partition coefficient (Wildman–Crippen LogP) is 2.28. The molecule has 0 aliphatic carbocycles. The lowest BCUT2D eigenvalue weighted by molar-refractivity contribution is 0.00535. The van der Waals surface area contributed by atoms with E-state index in [1.54, 1.807) is 12.1 Å². The highest BCUT2D eigenvalue weighted by Crippen LogP contribution is 2.19.